The summed E-state index contributed by atoms with van der Waals surface area (Å²) in [6, 6.07) is 4.91. The Balaban J connectivity index is 1.57. The maximum atomic E-state index is 12.3. The maximum Gasteiger partial charge on any atom is 0.246 e. The second kappa shape index (κ2) is 8.83. The third kappa shape index (κ3) is 5.18. The van der Waals surface area contributed by atoms with E-state index < -0.39 is 0 Å². The fourth-order valence-corrected chi connectivity index (χ4v) is 2.90. The molecular weight excluding hydrogens is 370 g/mol. The number of carbonyl (C=O) groups excluding carboxylic acids is 2. The van der Waals surface area contributed by atoms with E-state index in [9.17, 15) is 9.59 Å². The normalized spacial score (nSPS) is 17.3. The number of rotatable bonds is 6. The van der Waals surface area contributed by atoms with E-state index in [1.807, 2.05) is 0 Å². The molecule has 0 spiro atoms. The quantitative estimate of drug-likeness (QED) is 0.606. The Labute approximate surface area is 161 Å². The number of ketones is 1. The summed E-state index contributed by atoms with van der Waals surface area (Å²) in [6.45, 7) is 3.05. The largest absolute Gasteiger partial charge is 0.490 e. The average Bonchev–Trinajstić information content (AvgIpc) is 3.19. The minimum atomic E-state index is -0.279. The van der Waals surface area contributed by atoms with Gasteiger partial charge in [0, 0.05) is 17.6 Å². The van der Waals surface area contributed by atoms with Gasteiger partial charge in [0.1, 0.15) is 18.5 Å². The van der Waals surface area contributed by atoms with E-state index in [0.29, 0.717) is 36.0 Å². The summed E-state index contributed by atoms with van der Waals surface area (Å²) in [7, 11) is 0. The summed E-state index contributed by atoms with van der Waals surface area (Å²) in [4.78, 5) is 32.6. The number of benzene rings is 1. The fourth-order valence-electron chi connectivity index (χ4n) is 2.73. The molecule has 2 heterocycles. The van der Waals surface area contributed by atoms with Crippen LogP contribution < -0.4 is 4.74 Å². The Kier molecular flexibility index (Phi) is 6.26. The molecular formula is C19H20ClN3O4. The molecule has 1 aromatic heterocycles. The lowest BCUT2D eigenvalue weighted by Gasteiger charge is -2.32. The molecule has 1 unspecified atom stereocenters. The number of aromatic nitrogens is 2. The number of hydrogen-bond donors (Lipinski definition) is 1. The average molecular weight is 390 g/mol. The highest BCUT2D eigenvalue weighted by molar-refractivity contribution is 6.31. The predicted molar refractivity (Wildman–Crippen MR) is 101 cm³/mol. The number of amides is 1. The van der Waals surface area contributed by atoms with E-state index >= 15 is 0 Å². The molecule has 1 aromatic carbocycles. The van der Waals surface area contributed by atoms with Crippen molar-refractivity contribution in [3.8, 4) is 5.75 Å². The van der Waals surface area contributed by atoms with E-state index in [2.05, 4.69) is 9.97 Å². The topological polar surface area (TPSA) is 84.5 Å². The van der Waals surface area contributed by atoms with Crippen molar-refractivity contribution in [3.05, 3.63) is 53.1 Å². The first kappa shape index (κ1) is 19.1. The van der Waals surface area contributed by atoms with Gasteiger partial charge in [-0.15, -0.1) is 0 Å². The molecule has 1 aliphatic rings. The Morgan fingerprint density at radius 3 is 3.07 bits per heavy atom. The molecule has 8 heteroatoms. The zero-order valence-electron chi connectivity index (χ0n) is 14.9. The molecule has 0 aliphatic carbocycles. The zero-order chi connectivity index (χ0) is 19.2. The Morgan fingerprint density at radius 2 is 2.33 bits per heavy atom. The lowest BCUT2D eigenvalue weighted by Crippen LogP contribution is -2.47. The van der Waals surface area contributed by atoms with E-state index in [0.717, 1.165) is 5.69 Å². The molecule has 1 atom stereocenters. The van der Waals surface area contributed by atoms with Crippen LogP contribution in [0.1, 0.15) is 23.0 Å². The van der Waals surface area contributed by atoms with Crippen molar-refractivity contribution in [1.82, 2.24) is 14.9 Å². The first-order valence-corrected chi connectivity index (χ1v) is 8.91. The number of Topliss-reactive ketones (excluding diaryl/α,β-unsaturated/α-hetero) is 1. The lowest BCUT2D eigenvalue weighted by atomic mass is 10.1. The van der Waals surface area contributed by atoms with Crippen molar-refractivity contribution in [3.63, 3.8) is 0 Å². The monoisotopic (exact) mass is 389 g/mol. The van der Waals surface area contributed by atoms with Crippen LogP contribution in [0.5, 0.6) is 5.75 Å². The summed E-state index contributed by atoms with van der Waals surface area (Å²) in [6.07, 6.45) is 6.10. The maximum absolute atomic E-state index is 12.3. The van der Waals surface area contributed by atoms with Crippen LogP contribution >= 0.6 is 11.6 Å². The second-order valence-corrected chi connectivity index (χ2v) is 6.56. The van der Waals surface area contributed by atoms with Gasteiger partial charge in [-0.25, -0.2) is 4.98 Å². The molecule has 2 aromatic rings. The van der Waals surface area contributed by atoms with Crippen molar-refractivity contribution in [2.75, 3.05) is 26.3 Å². The van der Waals surface area contributed by atoms with Gasteiger partial charge in [0.15, 0.2) is 5.78 Å². The van der Waals surface area contributed by atoms with Crippen LogP contribution in [0, 0.1) is 0 Å². The number of carbonyl (C=O) groups is 2. The highest BCUT2D eigenvalue weighted by atomic mass is 35.5. The van der Waals surface area contributed by atoms with Crippen molar-refractivity contribution >= 4 is 29.4 Å². The molecule has 1 fully saturated rings. The molecule has 0 bridgehead atoms. The van der Waals surface area contributed by atoms with Crippen LogP contribution in [-0.4, -0.2) is 59.0 Å². The molecule has 1 N–H and O–H groups in total. The van der Waals surface area contributed by atoms with Gasteiger partial charge in [-0.3, -0.25) is 9.59 Å². The molecule has 0 saturated carbocycles. The van der Waals surface area contributed by atoms with Crippen molar-refractivity contribution in [2.24, 2.45) is 0 Å². The number of nitrogens with one attached hydrogen (secondary N) is 1. The third-order valence-electron chi connectivity index (χ3n) is 4.12. The Hall–Kier alpha value is -2.64. The number of nitrogens with zero attached hydrogens (tertiary/aromatic N) is 2. The van der Waals surface area contributed by atoms with Gasteiger partial charge in [0.25, 0.3) is 0 Å². The van der Waals surface area contributed by atoms with Gasteiger partial charge in [-0.05, 0) is 31.2 Å². The van der Waals surface area contributed by atoms with Crippen LogP contribution in [-0.2, 0) is 9.53 Å². The van der Waals surface area contributed by atoms with Crippen LogP contribution in [0.2, 0.25) is 5.02 Å². The molecule has 1 amide bonds. The molecule has 0 radical (unpaired) electrons. The predicted octanol–water partition coefficient (Wildman–Crippen LogP) is 2.59. The number of imidazole rings is 1. The van der Waals surface area contributed by atoms with E-state index in [-0.39, 0.29) is 24.4 Å². The number of ether oxygens (including phenoxy) is 2. The fraction of sp³-hybridized carbons (Fsp3) is 0.316. The third-order valence-corrected chi connectivity index (χ3v) is 4.36. The SMILES string of the molecule is CC(=O)c1cc(Cl)ccc1OCC1CN(C(=O)C=Cc2cnc[nH]2)CCO1. The number of aromatic amines is 1. The molecule has 3 rings (SSSR count). The van der Waals surface area contributed by atoms with E-state index in [1.54, 1.807) is 41.7 Å². The van der Waals surface area contributed by atoms with Crippen molar-refractivity contribution in [2.45, 2.75) is 13.0 Å². The van der Waals surface area contributed by atoms with E-state index in [4.69, 9.17) is 21.1 Å². The molecule has 7 nitrogen and oxygen atoms in total. The zero-order valence-corrected chi connectivity index (χ0v) is 15.6. The molecule has 1 saturated heterocycles. The Bertz CT molecular complexity index is 835. The van der Waals surface area contributed by atoms with Gasteiger partial charge in [0.2, 0.25) is 5.91 Å². The van der Waals surface area contributed by atoms with Gasteiger partial charge in [0.05, 0.1) is 36.9 Å². The number of morpholine rings is 1. The van der Waals surface area contributed by atoms with Gasteiger partial charge < -0.3 is 19.4 Å². The first-order valence-electron chi connectivity index (χ1n) is 8.53. The molecule has 142 valence electrons. The standard InChI is InChI=1S/C19H20ClN3O4/c1-13(24)17-8-14(20)2-4-18(17)27-11-16-10-23(6-7-26-16)19(25)5-3-15-9-21-12-22-15/h2-5,8-9,12,16H,6-7,10-11H2,1H3,(H,21,22). The van der Waals surface area contributed by atoms with Crippen LogP contribution in [0.25, 0.3) is 6.08 Å². The van der Waals surface area contributed by atoms with Crippen LogP contribution in [0.4, 0.5) is 0 Å². The van der Waals surface area contributed by atoms with Crippen LogP contribution in [0.3, 0.4) is 0 Å². The minimum Gasteiger partial charge on any atom is -0.490 e. The second-order valence-electron chi connectivity index (χ2n) is 6.13. The van der Waals surface area contributed by atoms with Crippen LogP contribution in [0.15, 0.2) is 36.8 Å². The van der Waals surface area contributed by atoms with E-state index in [1.165, 1.54) is 13.0 Å². The summed E-state index contributed by atoms with van der Waals surface area (Å²) in [5.74, 6) is 0.227. The lowest BCUT2D eigenvalue weighted by molar-refractivity contribution is -0.134. The van der Waals surface area contributed by atoms with Crippen molar-refractivity contribution < 1.29 is 19.1 Å². The highest BCUT2D eigenvalue weighted by Gasteiger charge is 2.24. The van der Waals surface area contributed by atoms with Crippen molar-refractivity contribution in [1.29, 1.82) is 0 Å². The number of hydrogen-bond acceptors (Lipinski definition) is 5. The first-order chi connectivity index (χ1) is 13.0. The van der Waals surface area contributed by atoms with Gasteiger partial charge >= 0.3 is 0 Å². The number of H-pyrrole nitrogens is 1. The minimum absolute atomic E-state index is 0.103. The molecule has 27 heavy (non-hydrogen) atoms. The van der Waals surface area contributed by atoms with Gasteiger partial charge in [-0.1, -0.05) is 11.6 Å². The number of halogens is 1. The summed E-state index contributed by atoms with van der Waals surface area (Å²) < 4.78 is 11.5. The van der Waals surface area contributed by atoms with Gasteiger partial charge in [-0.2, -0.15) is 0 Å². The summed E-state index contributed by atoms with van der Waals surface area (Å²) in [5.41, 5.74) is 1.18. The highest BCUT2D eigenvalue weighted by Crippen LogP contribution is 2.24. The Morgan fingerprint density at radius 1 is 1.48 bits per heavy atom. The smallest absolute Gasteiger partial charge is 0.246 e. The molecule has 1 aliphatic heterocycles. The summed E-state index contributed by atoms with van der Waals surface area (Å²) in [5, 5.41) is 0.474. The summed E-state index contributed by atoms with van der Waals surface area (Å²) >= 11 is 5.94.